The van der Waals surface area contributed by atoms with Gasteiger partial charge in [0.05, 0.1) is 13.2 Å². The summed E-state index contributed by atoms with van der Waals surface area (Å²) in [6.45, 7) is 1.28. The number of hydrogen-bond acceptors (Lipinski definition) is 5. The Bertz CT molecular complexity index is 294. The lowest BCUT2D eigenvalue weighted by atomic mass is 9.95. The molecule has 0 aromatic heterocycles. The summed E-state index contributed by atoms with van der Waals surface area (Å²) in [7, 11) is 1.27. The molecule has 0 saturated heterocycles. The van der Waals surface area contributed by atoms with Gasteiger partial charge < -0.3 is 14.6 Å². The molecule has 0 spiro atoms. The van der Waals surface area contributed by atoms with Crippen LogP contribution in [0.15, 0.2) is 11.6 Å². The van der Waals surface area contributed by atoms with Crippen LogP contribution in [0.25, 0.3) is 0 Å². The van der Waals surface area contributed by atoms with Crippen LogP contribution in [0.2, 0.25) is 0 Å². The van der Waals surface area contributed by atoms with E-state index in [1.807, 2.05) is 0 Å². The largest absolute Gasteiger partial charge is 0.466 e. The highest BCUT2D eigenvalue weighted by molar-refractivity contribution is 5.88. The Hall–Kier alpha value is -1.36. The van der Waals surface area contributed by atoms with Gasteiger partial charge in [-0.3, -0.25) is 4.79 Å². The number of aliphatic hydroxyl groups excluding tert-OH is 1. The molecule has 0 saturated carbocycles. The molecule has 0 aliphatic heterocycles. The zero-order valence-electron chi connectivity index (χ0n) is 8.73. The number of esters is 2. The fraction of sp³-hybridized carbons (Fsp3) is 0.600. The average Bonchev–Trinajstić information content (AvgIpc) is 2.14. The standard InChI is InChI=1S/C10H14O5/c1-6(11)15-9-4-7(10(13)14-2)3-8(12)5-9/h4,8-9,12H,3,5H2,1-2H3/t8-,9+/m0/s1. The minimum absolute atomic E-state index is 0.241. The SMILES string of the molecule is COC(=O)C1=C[C@@H](OC(C)=O)C[C@@H](O)C1. The minimum atomic E-state index is -0.673. The predicted molar refractivity (Wildman–Crippen MR) is 50.9 cm³/mol. The van der Waals surface area contributed by atoms with Crippen LogP contribution in [-0.4, -0.2) is 36.4 Å². The normalized spacial score (nSPS) is 25.4. The Morgan fingerprint density at radius 1 is 1.53 bits per heavy atom. The summed E-state index contributed by atoms with van der Waals surface area (Å²) < 4.78 is 9.44. The van der Waals surface area contributed by atoms with Gasteiger partial charge in [-0.2, -0.15) is 0 Å². The third-order valence-corrected chi connectivity index (χ3v) is 2.11. The molecule has 0 bridgehead atoms. The summed E-state index contributed by atoms with van der Waals surface area (Å²) in [5.74, 6) is -0.930. The third-order valence-electron chi connectivity index (χ3n) is 2.11. The van der Waals surface area contributed by atoms with Gasteiger partial charge in [-0.15, -0.1) is 0 Å². The summed E-state index contributed by atoms with van der Waals surface area (Å²) in [5.41, 5.74) is 0.350. The number of methoxy groups -OCH3 is 1. The molecule has 0 unspecified atom stereocenters. The molecular weight excluding hydrogens is 200 g/mol. The second kappa shape index (κ2) is 4.93. The minimum Gasteiger partial charge on any atom is -0.466 e. The van der Waals surface area contributed by atoms with Crippen LogP contribution in [0.1, 0.15) is 19.8 Å². The van der Waals surface area contributed by atoms with E-state index in [0.717, 1.165) is 0 Å². The van der Waals surface area contributed by atoms with Gasteiger partial charge in [0.2, 0.25) is 0 Å². The average molecular weight is 214 g/mol. The van der Waals surface area contributed by atoms with Gasteiger partial charge in [0.1, 0.15) is 6.10 Å². The van der Waals surface area contributed by atoms with Crippen LogP contribution < -0.4 is 0 Å². The molecule has 1 rings (SSSR count). The van der Waals surface area contributed by atoms with Gasteiger partial charge in [0, 0.05) is 25.3 Å². The molecule has 84 valence electrons. The lowest BCUT2D eigenvalue weighted by Gasteiger charge is -2.23. The number of carbonyl (C=O) groups is 2. The Morgan fingerprint density at radius 2 is 2.20 bits per heavy atom. The summed E-state index contributed by atoms with van der Waals surface area (Å²) in [4.78, 5) is 21.9. The molecule has 1 N–H and O–H groups in total. The van der Waals surface area contributed by atoms with Gasteiger partial charge in [-0.05, 0) is 6.08 Å². The first kappa shape index (κ1) is 11.7. The molecule has 5 heteroatoms. The highest BCUT2D eigenvalue weighted by Gasteiger charge is 2.26. The highest BCUT2D eigenvalue weighted by Crippen LogP contribution is 2.21. The van der Waals surface area contributed by atoms with Crippen LogP contribution >= 0.6 is 0 Å². The van der Waals surface area contributed by atoms with E-state index in [1.54, 1.807) is 0 Å². The van der Waals surface area contributed by atoms with Crippen molar-refractivity contribution >= 4 is 11.9 Å². The van der Waals surface area contributed by atoms with Crippen LogP contribution in [-0.2, 0) is 19.1 Å². The monoisotopic (exact) mass is 214 g/mol. The maximum Gasteiger partial charge on any atom is 0.333 e. The maximum atomic E-state index is 11.2. The summed E-state index contributed by atoms with van der Waals surface area (Å²) in [6.07, 6.45) is 0.874. The van der Waals surface area contributed by atoms with Crippen molar-refractivity contribution in [3.8, 4) is 0 Å². The molecule has 5 nitrogen and oxygen atoms in total. The fourth-order valence-corrected chi connectivity index (χ4v) is 1.54. The van der Waals surface area contributed by atoms with E-state index in [4.69, 9.17) is 4.74 Å². The third kappa shape index (κ3) is 3.36. The van der Waals surface area contributed by atoms with Crippen molar-refractivity contribution < 1.29 is 24.2 Å². The van der Waals surface area contributed by atoms with Crippen molar-refractivity contribution in [3.05, 3.63) is 11.6 Å². The quantitative estimate of drug-likeness (QED) is 0.663. The molecule has 1 aliphatic rings. The Labute approximate surface area is 87.7 Å². The number of carbonyl (C=O) groups excluding carboxylic acids is 2. The van der Waals surface area contributed by atoms with E-state index in [2.05, 4.69) is 4.74 Å². The van der Waals surface area contributed by atoms with Gasteiger partial charge in [0.25, 0.3) is 0 Å². The van der Waals surface area contributed by atoms with E-state index >= 15 is 0 Å². The van der Waals surface area contributed by atoms with E-state index in [0.29, 0.717) is 12.0 Å². The fourth-order valence-electron chi connectivity index (χ4n) is 1.54. The maximum absolute atomic E-state index is 11.2. The summed E-state index contributed by atoms with van der Waals surface area (Å²) >= 11 is 0. The predicted octanol–water partition coefficient (Wildman–Crippen LogP) is 0.172. The molecule has 2 atom stereocenters. The smallest absolute Gasteiger partial charge is 0.333 e. The van der Waals surface area contributed by atoms with Crippen molar-refractivity contribution in [2.24, 2.45) is 0 Å². The lowest BCUT2D eigenvalue weighted by Crippen LogP contribution is -2.28. The lowest BCUT2D eigenvalue weighted by molar-refractivity contribution is -0.146. The summed E-state index contributed by atoms with van der Waals surface area (Å²) in [6, 6.07) is 0. The summed E-state index contributed by atoms with van der Waals surface area (Å²) in [5, 5.41) is 9.47. The first-order chi connectivity index (χ1) is 7.02. The first-order valence-electron chi connectivity index (χ1n) is 4.67. The van der Waals surface area contributed by atoms with Crippen molar-refractivity contribution in [1.29, 1.82) is 0 Å². The molecule has 0 radical (unpaired) electrons. The van der Waals surface area contributed by atoms with E-state index < -0.39 is 24.1 Å². The molecule has 1 aliphatic carbocycles. The number of aliphatic hydroxyl groups is 1. The Balaban J connectivity index is 2.74. The van der Waals surface area contributed by atoms with Crippen LogP contribution in [0.5, 0.6) is 0 Å². The topological polar surface area (TPSA) is 72.8 Å². The Morgan fingerprint density at radius 3 is 2.73 bits per heavy atom. The molecule has 15 heavy (non-hydrogen) atoms. The van der Waals surface area contributed by atoms with Gasteiger partial charge in [-0.1, -0.05) is 0 Å². The van der Waals surface area contributed by atoms with Crippen molar-refractivity contribution in [3.63, 3.8) is 0 Å². The molecular formula is C10H14O5. The van der Waals surface area contributed by atoms with Crippen LogP contribution in [0, 0.1) is 0 Å². The molecule has 0 fully saturated rings. The van der Waals surface area contributed by atoms with E-state index in [1.165, 1.54) is 20.1 Å². The first-order valence-corrected chi connectivity index (χ1v) is 4.67. The van der Waals surface area contributed by atoms with E-state index in [-0.39, 0.29) is 6.42 Å². The van der Waals surface area contributed by atoms with Crippen molar-refractivity contribution in [2.45, 2.75) is 32.0 Å². The second-order valence-electron chi connectivity index (χ2n) is 3.43. The molecule has 0 heterocycles. The van der Waals surface area contributed by atoms with Crippen LogP contribution in [0.3, 0.4) is 0 Å². The van der Waals surface area contributed by atoms with Gasteiger partial charge in [-0.25, -0.2) is 4.79 Å². The number of hydrogen-bond donors (Lipinski definition) is 1. The number of rotatable bonds is 2. The van der Waals surface area contributed by atoms with Gasteiger partial charge >= 0.3 is 11.9 Å². The van der Waals surface area contributed by atoms with Crippen molar-refractivity contribution in [1.82, 2.24) is 0 Å². The van der Waals surface area contributed by atoms with Crippen molar-refractivity contribution in [2.75, 3.05) is 7.11 Å². The highest BCUT2D eigenvalue weighted by atomic mass is 16.5. The number of ether oxygens (including phenoxy) is 2. The zero-order valence-corrected chi connectivity index (χ0v) is 8.73. The Kier molecular flexibility index (Phi) is 3.85. The van der Waals surface area contributed by atoms with Gasteiger partial charge in [0.15, 0.2) is 0 Å². The zero-order chi connectivity index (χ0) is 11.4. The molecule has 0 amide bonds. The van der Waals surface area contributed by atoms with E-state index in [9.17, 15) is 14.7 Å². The molecule has 0 aromatic carbocycles. The molecule has 0 aromatic rings. The van der Waals surface area contributed by atoms with Crippen LogP contribution in [0.4, 0.5) is 0 Å². The second-order valence-corrected chi connectivity index (χ2v) is 3.43.